The van der Waals surface area contributed by atoms with Crippen molar-refractivity contribution in [2.75, 3.05) is 19.7 Å². The van der Waals surface area contributed by atoms with Crippen LogP contribution < -0.4 is 0 Å². The summed E-state index contributed by atoms with van der Waals surface area (Å²) in [6, 6.07) is 0. The van der Waals surface area contributed by atoms with Crippen LogP contribution >= 0.6 is 0 Å². The molecule has 1 aliphatic rings. The number of likely N-dealkylation sites (tertiary alicyclic amines) is 1. The van der Waals surface area contributed by atoms with Gasteiger partial charge in [-0.15, -0.1) is 0 Å². The van der Waals surface area contributed by atoms with Crippen LogP contribution in [-0.2, 0) is 22.6 Å². The van der Waals surface area contributed by atoms with Crippen LogP contribution in [0.4, 0.5) is 0 Å². The minimum atomic E-state index is -0.920. The number of aryl methyl sites for hydroxylation is 1. The summed E-state index contributed by atoms with van der Waals surface area (Å²) in [4.78, 5) is 17.0. The fourth-order valence-electron chi connectivity index (χ4n) is 2.32. The Labute approximate surface area is 106 Å². The van der Waals surface area contributed by atoms with Crippen molar-refractivity contribution in [1.82, 2.24) is 14.5 Å². The van der Waals surface area contributed by atoms with Crippen molar-refractivity contribution in [3.63, 3.8) is 0 Å². The fraction of sp³-hybridized carbons (Fsp3) is 0.667. The third kappa shape index (κ3) is 2.88. The lowest BCUT2D eigenvalue weighted by Gasteiger charge is -2.47. The zero-order valence-electron chi connectivity index (χ0n) is 10.8. The molecule has 0 amide bonds. The SMILES string of the molecule is CCn1ccnc1CN1CC(C)(OCC(=O)O)C1. The molecule has 100 valence electrons. The Morgan fingerprint density at radius 2 is 2.33 bits per heavy atom. The molecule has 0 radical (unpaired) electrons. The summed E-state index contributed by atoms with van der Waals surface area (Å²) in [6.45, 7) is 6.99. The Morgan fingerprint density at radius 1 is 1.61 bits per heavy atom. The van der Waals surface area contributed by atoms with Gasteiger partial charge in [-0.05, 0) is 13.8 Å². The number of rotatable bonds is 6. The smallest absolute Gasteiger partial charge is 0.329 e. The van der Waals surface area contributed by atoms with E-state index in [1.165, 1.54) is 0 Å². The number of carboxylic acid groups (broad SMARTS) is 1. The molecule has 1 fully saturated rings. The van der Waals surface area contributed by atoms with Gasteiger partial charge in [-0.1, -0.05) is 0 Å². The Kier molecular flexibility index (Phi) is 3.68. The highest BCUT2D eigenvalue weighted by molar-refractivity contribution is 5.68. The summed E-state index contributed by atoms with van der Waals surface area (Å²) < 4.78 is 7.47. The van der Waals surface area contributed by atoms with Gasteiger partial charge in [0.1, 0.15) is 12.4 Å². The summed E-state index contributed by atoms with van der Waals surface area (Å²) in [5.74, 6) is 0.119. The van der Waals surface area contributed by atoms with Crippen LogP contribution in [0.25, 0.3) is 0 Å². The number of nitrogens with zero attached hydrogens (tertiary/aromatic N) is 3. The number of imidazole rings is 1. The van der Waals surface area contributed by atoms with Crippen LogP contribution in [0.3, 0.4) is 0 Å². The molecule has 6 nitrogen and oxygen atoms in total. The number of hydrogen-bond donors (Lipinski definition) is 1. The molecule has 1 aromatic heterocycles. The normalized spacial score (nSPS) is 18.6. The van der Waals surface area contributed by atoms with E-state index in [9.17, 15) is 4.79 Å². The van der Waals surface area contributed by atoms with Crippen molar-refractivity contribution < 1.29 is 14.6 Å². The number of aliphatic carboxylic acids is 1. The highest BCUT2D eigenvalue weighted by Crippen LogP contribution is 2.25. The van der Waals surface area contributed by atoms with Gasteiger partial charge in [0, 0.05) is 32.0 Å². The molecule has 0 spiro atoms. The van der Waals surface area contributed by atoms with E-state index in [1.807, 2.05) is 13.1 Å². The molecule has 2 heterocycles. The van der Waals surface area contributed by atoms with Crippen LogP contribution in [0.1, 0.15) is 19.7 Å². The molecule has 0 atom stereocenters. The van der Waals surface area contributed by atoms with Crippen LogP contribution in [-0.4, -0.2) is 50.8 Å². The van der Waals surface area contributed by atoms with E-state index in [0.29, 0.717) is 0 Å². The van der Waals surface area contributed by atoms with Gasteiger partial charge in [0.2, 0.25) is 0 Å². The average molecular weight is 253 g/mol. The van der Waals surface area contributed by atoms with Crippen LogP contribution in [0.15, 0.2) is 12.4 Å². The van der Waals surface area contributed by atoms with E-state index in [0.717, 1.165) is 32.0 Å². The first-order valence-corrected chi connectivity index (χ1v) is 6.10. The number of hydrogen-bond acceptors (Lipinski definition) is 4. The van der Waals surface area contributed by atoms with E-state index in [1.54, 1.807) is 6.20 Å². The number of carboxylic acids is 1. The summed E-state index contributed by atoms with van der Waals surface area (Å²) in [5, 5.41) is 8.59. The molecule has 0 unspecified atom stereocenters. The molecule has 0 bridgehead atoms. The maximum Gasteiger partial charge on any atom is 0.329 e. The first kappa shape index (κ1) is 13.0. The van der Waals surface area contributed by atoms with E-state index < -0.39 is 5.97 Å². The maximum atomic E-state index is 10.5. The van der Waals surface area contributed by atoms with E-state index in [-0.39, 0.29) is 12.2 Å². The summed E-state index contributed by atoms with van der Waals surface area (Å²) in [6.07, 6.45) is 3.77. The molecule has 1 aliphatic heterocycles. The molecular weight excluding hydrogens is 234 g/mol. The van der Waals surface area contributed by atoms with Gasteiger partial charge < -0.3 is 14.4 Å². The highest BCUT2D eigenvalue weighted by atomic mass is 16.5. The quantitative estimate of drug-likeness (QED) is 0.803. The molecule has 6 heteroatoms. The second-order valence-electron chi connectivity index (χ2n) is 4.91. The lowest BCUT2D eigenvalue weighted by atomic mass is 9.96. The molecule has 0 saturated carbocycles. The Morgan fingerprint density at radius 3 is 2.94 bits per heavy atom. The maximum absolute atomic E-state index is 10.5. The van der Waals surface area contributed by atoms with E-state index in [2.05, 4.69) is 21.4 Å². The average Bonchev–Trinajstić information content (AvgIpc) is 2.71. The van der Waals surface area contributed by atoms with Crippen molar-refractivity contribution in [1.29, 1.82) is 0 Å². The third-order valence-corrected chi connectivity index (χ3v) is 3.17. The fourth-order valence-corrected chi connectivity index (χ4v) is 2.32. The summed E-state index contributed by atoms with van der Waals surface area (Å²) in [7, 11) is 0. The number of ether oxygens (including phenoxy) is 1. The van der Waals surface area contributed by atoms with Gasteiger partial charge in [-0.25, -0.2) is 9.78 Å². The van der Waals surface area contributed by atoms with Crippen molar-refractivity contribution in [2.24, 2.45) is 0 Å². The Bertz CT molecular complexity index is 424. The molecule has 1 aromatic rings. The van der Waals surface area contributed by atoms with Crippen LogP contribution in [0.5, 0.6) is 0 Å². The van der Waals surface area contributed by atoms with Crippen molar-refractivity contribution in [3.05, 3.63) is 18.2 Å². The second kappa shape index (κ2) is 5.07. The third-order valence-electron chi connectivity index (χ3n) is 3.17. The van der Waals surface area contributed by atoms with Gasteiger partial charge in [-0.3, -0.25) is 4.90 Å². The molecule has 1 saturated heterocycles. The molecule has 1 N–H and O–H groups in total. The second-order valence-corrected chi connectivity index (χ2v) is 4.91. The van der Waals surface area contributed by atoms with Gasteiger partial charge in [0.25, 0.3) is 0 Å². The molecule has 2 rings (SSSR count). The van der Waals surface area contributed by atoms with Gasteiger partial charge in [0.15, 0.2) is 0 Å². The van der Waals surface area contributed by atoms with Crippen LogP contribution in [0.2, 0.25) is 0 Å². The Balaban J connectivity index is 1.80. The molecular formula is C12H19N3O3. The lowest BCUT2D eigenvalue weighted by Crippen LogP contribution is -2.61. The van der Waals surface area contributed by atoms with Crippen LogP contribution in [0, 0.1) is 0 Å². The topological polar surface area (TPSA) is 67.6 Å². The van der Waals surface area contributed by atoms with Crippen molar-refractivity contribution in [2.45, 2.75) is 32.5 Å². The lowest BCUT2D eigenvalue weighted by molar-refractivity contribution is -0.166. The van der Waals surface area contributed by atoms with Gasteiger partial charge in [-0.2, -0.15) is 0 Å². The van der Waals surface area contributed by atoms with E-state index in [4.69, 9.17) is 9.84 Å². The van der Waals surface area contributed by atoms with Gasteiger partial charge >= 0.3 is 5.97 Å². The van der Waals surface area contributed by atoms with Crippen molar-refractivity contribution in [3.8, 4) is 0 Å². The largest absolute Gasteiger partial charge is 0.480 e. The van der Waals surface area contributed by atoms with Crippen molar-refractivity contribution >= 4 is 5.97 Å². The highest BCUT2D eigenvalue weighted by Gasteiger charge is 2.40. The molecule has 18 heavy (non-hydrogen) atoms. The molecule has 0 aromatic carbocycles. The first-order valence-electron chi connectivity index (χ1n) is 6.10. The minimum Gasteiger partial charge on any atom is -0.480 e. The van der Waals surface area contributed by atoms with Gasteiger partial charge in [0.05, 0.1) is 12.1 Å². The number of aromatic nitrogens is 2. The zero-order chi connectivity index (χ0) is 13.2. The summed E-state index contributed by atoms with van der Waals surface area (Å²) >= 11 is 0. The zero-order valence-corrected chi connectivity index (χ0v) is 10.8. The Hall–Kier alpha value is -1.40. The standard InChI is InChI=1S/C12H19N3O3/c1-3-15-5-4-13-10(15)6-14-8-12(2,9-14)18-7-11(16)17/h4-5H,3,6-9H2,1-2H3,(H,16,17). The minimum absolute atomic E-state index is 0.228. The predicted octanol–water partition coefficient (Wildman–Crippen LogP) is 0.579. The van der Waals surface area contributed by atoms with E-state index >= 15 is 0 Å². The first-order chi connectivity index (χ1) is 8.52. The monoisotopic (exact) mass is 253 g/mol. The predicted molar refractivity (Wildman–Crippen MR) is 65.2 cm³/mol. The molecule has 0 aliphatic carbocycles. The summed E-state index contributed by atoms with van der Waals surface area (Å²) in [5.41, 5.74) is -0.331. The number of carbonyl (C=O) groups is 1.